The van der Waals surface area contributed by atoms with E-state index in [1.165, 1.54) is 11.1 Å². The van der Waals surface area contributed by atoms with E-state index in [1.54, 1.807) is 0 Å². The number of halogens is 2. The van der Waals surface area contributed by atoms with Gasteiger partial charge in [0, 0.05) is 0 Å². The Morgan fingerprint density at radius 3 is 1.84 bits per heavy atom. The van der Waals surface area contributed by atoms with Crippen molar-refractivity contribution >= 4 is 39.7 Å². The second kappa shape index (κ2) is 9.87. The average molecular weight is 556 g/mol. The van der Waals surface area contributed by atoms with Crippen LogP contribution in [0.15, 0.2) is 72.8 Å². The number of hydrogen-bond donors (Lipinski definition) is 0. The molecule has 0 amide bonds. The molecule has 0 aliphatic carbocycles. The van der Waals surface area contributed by atoms with Gasteiger partial charge in [-0.15, -0.1) is 0 Å². The quantitative estimate of drug-likeness (QED) is 0.337. The van der Waals surface area contributed by atoms with E-state index in [-0.39, 0.29) is 0 Å². The molecule has 0 bridgehead atoms. The molecule has 1 heterocycles. The molecule has 170 valence electrons. The molecular weight excluding hydrogens is 528 g/mol. The third-order valence-electron chi connectivity index (χ3n) is 5.46. The predicted octanol–water partition coefficient (Wildman–Crippen LogP) is 6.43. The van der Waals surface area contributed by atoms with Crippen molar-refractivity contribution in [3.63, 3.8) is 0 Å². The summed E-state index contributed by atoms with van der Waals surface area (Å²) in [7, 11) is 14.7. The Hall–Kier alpha value is -2.00. The Morgan fingerprint density at radius 2 is 1.31 bits per heavy atom. The van der Waals surface area contributed by atoms with E-state index < -0.39 is 11.9 Å². The molecule has 6 heteroatoms. The molecule has 3 nitrogen and oxygen atoms in total. The number of ether oxygens (including phenoxy) is 1. The summed E-state index contributed by atoms with van der Waals surface area (Å²) < 4.78 is 8.91. The van der Waals surface area contributed by atoms with Crippen molar-refractivity contribution in [2.75, 3.05) is 29.5 Å². The van der Waals surface area contributed by atoms with Crippen LogP contribution in [-0.2, 0) is 11.9 Å². The molecule has 0 atom stereocenters. The van der Waals surface area contributed by atoms with Gasteiger partial charge in [0.25, 0.3) is 0 Å². The summed E-state index contributed by atoms with van der Waals surface area (Å²) in [5, 5.41) is 0. The maximum absolute atomic E-state index is 7.35. The predicted molar refractivity (Wildman–Crippen MR) is 137 cm³/mol. The van der Waals surface area contributed by atoms with E-state index >= 15 is 0 Å². The van der Waals surface area contributed by atoms with Crippen molar-refractivity contribution in [1.82, 2.24) is 0 Å². The molecule has 4 rings (SSSR count). The number of rotatable bonds is 5. The summed E-state index contributed by atoms with van der Waals surface area (Å²) in [6.07, 6.45) is 0. The summed E-state index contributed by atoms with van der Waals surface area (Å²) in [6, 6.07) is 24.8. The van der Waals surface area contributed by atoms with Crippen molar-refractivity contribution in [1.29, 1.82) is 0 Å². The molecule has 1 fully saturated rings. The van der Waals surface area contributed by atoms with E-state index in [9.17, 15) is 0 Å². The first-order valence-corrected chi connectivity index (χ1v) is 17.0. The molecule has 0 radical (unpaired) electrons. The van der Waals surface area contributed by atoms with E-state index in [2.05, 4.69) is 76.8 Å². The van der Waals surface area contributed by atoms with Crippen molar-refractivity contribution in [3.05, 3.63) is 89.5 Å². The van der Waals surface area contributed by atoms with Crippen LogP contribution in [0.3, 0.4) is 0 Å². The van der Waals surface area contributed by atoms with Gasteiger partial charge in [0.15, 0.2) is 0 Å². The van der Waals surface area contributed by atoms with Gasteiger partial charge in [0.2, 0.25) is 0 Å². The van der Waals surface area contributed by atoms with Crippen LogP contribution in [0.4, 0.5) is 11.4 Å². The van der Waals surface area contributed by atoms with Crippen LogP contribution in [-0.4, -0.2) is 28.7 Å². The molecule has 0 unspecified atom stereocenters. The van der Waals surface area contributed by atoms with Crippen LogP contribution in [0, 0.1) is 13.8 Å². The van der Waals surface area contributed by atoms with Crippen LogP contribution in [0.25, 0.3) is 0 Å². The zero-order chi connectivity index (χ0) is 22.7. The Kier molecular flexibility index (Phi) is 7.15. The Morgan fingerprint density at radius 1 is 0.812 bits per heavy atom. The van der Waals surface area contributed by atoms with Gasteiger partial charge < -0.3 is 0 Å². The second-order valence-corrected chi connectivity index (χ2v) is 16.9. The molecule has 3 aromatic rings. The average Bonchev–Trinajstić information content (AvgIpc) is 3.21. The monoisotopic (exact) mass is 556 g/mol. The van der Waals surface area contributed by atoms with Gasteiger partial charge in [-0.2, -0.15) is 0 Å². The molecule has 0 aromatic heterocycles. The number of nitrogens with zero attached hydrogens (tertiary/aromatic N) is 2. The first-order valence-electron chi connectivity index (χ1n) is 10.6. The fraction of sp³-hybridized carbons (Fsp3) is 0.231. The van der Waals surface area contributed by atoms with Gasteiger partial charge in [-0.3, -0.25) is 0 Å². The van der Waals surface area contributed by atoms with Crippen LogP contribution >= 0.6 is 19.4 Å². The van der Waals surface area contributed by atoms with Crippen molar-refractivity contribution < 1.29 is 16.6 Å². The number of aryl methyl sites for hydroxylation is 2. The first-order chi connectivity index (χ1) is 15.4. The molecule has 1 aliphatic rings. The SMILES string of the molecule is CCOc1ccccc1[CH]=[Ru]([Cl])([Cl])=[C]1N(c2ccccc2C)CCN1c1ccccc1C. The summed E-state index contributed by atoms with van der Waals surface area (Å²) in [6.45, 7) is 8.50. The zero-order valence-corrected chi connectivity index (χ0v) is 21.8. The van der Waals surface area contributed by atoms with Crippen molar-refractivity contribution in [2.24, 2.45) is 0 Å². The molecule has 3 aromatic carbocycles. The molecular formula is C26H28Cl2N2ORu. The first kappa shape index (κ1) is 23.2. The van der Waals surface area contributed by atoms with E-state index in [0.717, 1.165) is 40.1 Å². The Balaban J connectivity index is 1.98. The topological polar surface area (TPSA) is 15.7 Å². The fourth-order valence-corrected chi connectivity index (χ4v) is 10.0. The van der Waals surface area contributed by atoms with Crippen LogP contribution in [0.5, 0.6) is 5.75 Å². The van der Waals surface area contributed by atoms with Crippen molar-refractivity contribution in [2.45, 2.75) is 20.8 Å². The fourth-order valence-electron chi connectivity index (χ4n) is 3.98. The summed E-state index contributed by atoms with van der Waals surface area (Å²) in [5.41, 5.74) is 5.65. The second-order valence-electron chi connectivity index (χ2n) is 7.65. The van der Waals surface area contributed by atoms with Crippen LogP contribution in [0.2, 0.25) is 0 Å². The minimum atomic E-state index is -3.51. The van der Waals surface area contributed by atoms with E-state index in [4.69, 9.17) is 24.1 Å². The molecule has 0 N–H and O–H groups in total. The molecule has 1 aliphatic heterocycles. The standard InChI is InChI=1S/C17H18N2.C9H10O.2ClH.Ru/c1-14-7-3-5-9-16(14)18-11-12-19(13-18)17-10-6-4-8-15(17)2;1-3-10-9-7-5-4-6-8(9)2;;;/h3-10H,11-12H2,1-2H3;2,4-7H,3H2,1H3;2*1H;/q;;;;+2/p-2. The van der Waals surface area contributed by atoms with Gasteiger partial charge in [-0.1, -0.05) is 0 Å². The summed E-state index contributed by atoms with van der Waals surface area (Å²) >= 11 is -3.51. The van der Waals surface area contributed by atoms with Gasteiger partial charge in [0.05, 0.1) is 0 Å². The molecule has 0 spiro atoms. The normalized spacial score (nSPS) is 14.6. The molecule has 0 saturated carbocycles. The van der Waals surface area contributed by atoms with E-state index in [1.807, 2.05) is 31.2 Å². The Bertz CT molecular complexity index is 1180. The van der Waals surface area contributed by atoms with Gasteiger partial charge in [-0.05, 0) is 0 Å². The number of anilines is 2. The summed E-state index contributed by atoms with van der Waals surface area (Å²) in [4.78, 5) is 4.63. The van der Waals surface area contributed by atoms with Gasteiger partial charge in [0.1, 0.15) is 0 Å². The summed E-state index contributed by atoms with van der Waals surface area (Å²) in [5.74, 6) is 0.810. The third kappa shape index (κ3) is 4.69. The van der Waals surface area contributed by atoms with Gasteiger partial charge in [-0.25, -0.2) is 0 Å². The number of hydrogen-bond acceptors (Lipinski definition) is 3. The number of para-hydroxylation sites is 3. The third-order valence-corrected chi connectivity index (χ3v) is 10.9. The van der Waals surface area contributed by atoms with Crippen molar-refractivity contribution in [3.8, 4) is 5.75 Å². The molecule has 1 saturated heterocycles. The Labute approximate surface area is 201 Å². The van der Waals surface area contributed by atoms with E-state index in [0.29, 0.717) is 6.61 Å². The zero-order valence-electron chi connectivity index (χ0n) is 18.5. The van der Waals surface area contributed by atoms with Gasteiger partial charge >= 0.3 is 202 Å². The minimum absolute atomic E-state index is 0.592. The van der Waals surface area contributed by atoms with Crippen LogP contribution < -0.4 is 14.5 Å². The van der Waals surface area contributed by atoms with Crippen LogP contribution in [0.1, 0.15) is 23.6 Å². The number of benzene rings is 3. The molecule has 32 heavy (non-hydrogen) atoms. The maximum atomic E-state index is 7.35.